The van der Waals surface area contributed by atoms with Crippen molar-refractivity contribution in [1.82, 2.24) is 9.78 Å². The van der Waals surface area contributed by atoms with Gasteiger partial charge in [-0.2, -0.15) is 5.10 Å². The monoisotopic (exact) mass is 358 g/mol. The van der Waals surface area contributed by atoms with Gasteiger partial charge in [0.2, 0.25) is 0 Å². The van der Waals surface area contributed by atoms with Crippen molar-refractivity contribution in [3.05, 3.63) is 13.7 Å². The van der Waals surface area contributed by atoms with Crippen LogP contribution in [0, 0.1) is 0 Å². The number of carbonyl (C=O) groups excluding carboxylic acids is 1. The maximum absolute atomic E-state index is 10.8. The average molecular weight is 361 g/mol. The van der Waals surface area contributed by atoms with Crippen LogP contribution in [0.5, 0.6) is 0 Å². The average Bonchev–Trinajstić information content (AvgIpc) is 2.17. The molecule has 0 aromatic carbocycles. The summed E-state index contributed by atoms with van der Waals surface area (Å²) < 4.78 is 3.86. The lowest BCUT2D eigenvalue weighted by atomic mass is 10.4. The molecule has 12 heavy (non-hydrogen) atoms. The van der Waals surface area contributed by atoms with E-state index in [4.69, 9.17) is 0 Å². The second kappa shape index (κ2) is 4.02. The molecule has 1 aromatic rings. The maximum atomic E-state index is 10.8. The van der Waals surface area contributed by atoms with E-state index in [-0.39, 0.29) is 12.3 Å². The molecule has 0 saturated heterocycles. The van der Waals surface area contributed by atoms with Gasteiger partial charge < -0.3 is 0 Å². The Balaban J connectivity index is 3.01. The molecule has 0 spiro atoms. The summed E-state index contributed by atoms with van der Waals surface area (Å²) in [6.07, 6.45) is 0. The molecule has 3 nitrogen and oxygen atoms in total. The summed E-state index contributed by atoms with van der Waals surface area (Å²) in [5, 5.41) is 4.07. The van der Waals surface area contributed by atoms with Crippen molar-refractivity contribution in [2.24, 2.45) is 0 Å². The van der Waals surface area contributed by atoms with E-state index < -0.39 is 0 Å². The fourth-order valence-electron chi connectivity index (χ4n) is 0.708. The van der Waals surface area contributed by atoms with Crippen LogP contribution in [0.4, 0.5) is 0 Å². The van der Waals surface area contributed by atoms with Crippen LogP contribution in [0.15, 0.2) is 13.7 Å². The number of halogens is 3. The highest BCUT2D eigenvalue weighted by molar-refractivity contribution is 9.14. The van der Waals surface area contributed by atoms with Crippen molar-refractivity contribution in [2.45, 2.75) is 13.5 Å². The molecule has 1 heterocycles. The van der Waals surface area contributed by atoms with Crippen LogP contribution in [0.2, 0.25) is 0 Å². The molecule has 0 radical (unpaired) electrons. The lowest BCUT2D eigenvalue weighted by Gasteiger charge is -1.97. The van der Waals surface area contributed by atoms with Crippen LogP contribution in [-0.2, 0) is 11.3 Å². The Morgan fingerprint density at radius 3 is 2.42 bits per heavy atom. The van der Waals surface area contributed by atoms with Crippen molar-refractivity contribution in [1.29, 1.82) is 0 Å². The highest BCUT2D eigenvalue weighted by Gasteiger charge is 2.11. The van der Waals surface area contributed by atoms with E-state index >= 15 is 0 Å². The first-order valence-corrected chi connectivity index (χ1v) is 5.47. The first-order valence-electron chi connectivity index (χ1n) is 3.09. The standard InChI is InChI=1S/C6H5Br3N2O/c1-3(12)2-11-6(9)4(7)5(8)10-11/h2H2,1H3. The molecule has 6 heteroatoms. The Hall–Kier alpha value is 0.320. The normalized spacial score (nSPS) is 10.3. The number of rotatable bonds is 2. The molecule has 0 aliphatic rings. The minimum Gasteiger partial charge on any atom is -0.298 e. The molecule has 0 unspecified atom stereocenters. The van der Waals surface area contributed by atoms with Gasteiger partial charge in [0.05, 0.1) is 4.47 Å². The first-order chi connectivity index (χ1) is 5.52. The fourth-order valence-corrected chi connectivity index (χ4v) is 2.03. The van der Waals surface area contributed by atoms with E-state index in [1.807, 2.05) is 0 Å². The second-order valence-electron chi connectivity index (χ2n) is 2.26. The zero-order chi connectivity index (χ0) is 9.30. The maximum Gasteiger partial charge on any atom is 0.151 e. The zero-order valence-electron chi connectivity index (χ0n) is 6.14. The van der Waals surface area contributed by atoms with E-state index in [0.29, 0.717) is 4.60 Å². The Morgan fingerprint density at radius 2 is 2.08 bits per heavy atom. The van der Waals surface area contributed by atoms with Gasteiger partial charge in [-0.3, -0.25) is 4.79 Å². The summed E-state index contributed by atoms with van der Waals surface area (Å²) in [6.45, 7) is 1.81. The molecule has 1 aromatic heterocycles. The third-order valence-corrected chi connectivity index (χ3v) is 4.35. The van der Waals surface area contributed by atoms with Crippen LogP contribution < -0.4 is 0 Å². The number of Topliss-reactive ketones (excluding diaryl/α,β-unsaturated/α-hetero) is 1. The lowest BCUT2D eigenvalue weighted by Crippen LogP contribution is -2.07. The van der Waals surface area contributed by atoms with Crippen LogP contribution >= 0.6 is 47.8 Å². The molecule has 0 N–H and O–H groups in total. The molecule has 66 valence electrons. The van der Waals surface area contributed by atoms with Gasteiger partial charge in [-0.1, -0.05) is 0 Å². The first kappa shape index (κ1) is 10.4. The van der Waals surface area contributed by atoms with Gasteiger partial charge in [-0.15, -0.1) is 0 Å². The lowest BCUT2D eigenvalue weighted by molar-refractivity contribution is -0.117. The Bertz CT molecular complexity index is 321. The van der Waals surface area contributed by atoms with Crippen LogP contribution in [0.25, 0.3) is 0 Å². The van der Waals surface area contributed by atoms with Gasteiger partial charge in [0.25, 0.3) is 0 Å². The smallest absolute Gasteiger partial charge is 0.151 e. The number of carbonyl (C=O) groups is 1. The Labute approximate surface area is 94.9 Å². The van der Waals surface area contributed by atoms with Gasteiger partial charge >= 0.3 is 0 Å². The van der Waals surface area contributed by atoms with Crippen molar-refractivity contribution in [3.8, 4) is 0 Å². The van der Waals surface area contributed by atoms with Gasteiger partial charge in [0.1, 0.15) is 15.8 Å². The molecule has 0 fully saturated rings. The quantitative estimate of drug-likeness (QED) is 0.813. The Kier molecular flexibility index (Phi) is 3.48. The fraction of sp³-hybridized carbons (Fsp3) is 0.333. The third kappa shape index (κ3) is 2.17. The van der Waals surface area contributed by atoms with Crippen molar-refractivity contribution in [2.75, 3.05) is 0 Å². The zero-order valence-corrected chi connectivity index (χ0v) is 10.9. The molecule has 0 aliphatic carbocycles. The second-order valence-corrected chi connectivity index (χ2v) is 4.55. The Morgan fingerprint density at radius 1 is 1.50 bits per heavy atom. The summed E-state index contributed by atoms with van der Waals surface area (Å²) in [7, 11) is 0. The third-order valence-electron chi connectivity index (χ3n) is 1.17. The summed E-state index contributed by atoms with van der Waals surface area (Å²) in [4.78, 5) is 10.8. The number of nitrogens with zero attached hydrogens (tertiary/aromatic N) is 2. The molecule has 0 aliphatic heterocycles. The number of hydrogen-bond acceptors (Lipinski definition) is 2. The van der Waals surface area contributed by atoms with Crippen LogP contribution in [0.3, 0.4) is 0 Å². The van der Waals surface area contributed by atoms with E-state index in [1.54, 1.807) is 4.68 Å². The van der Waals surface area contributed by atoms with E-state index in [1.165, 1.54) is 6.92 Å². The molecule has 0 atom stereocenters. The molecule has 0 amide bonds. The number of hydrogen-bond donors (Lipinski definition) is 0. The predicted octanol–water partition coefficient (Wildman–Crippen LogP) is 2.76. The molecular weight excluding hydrogens is 356 g/mol. The SMILES string of the molecule is CC(=O)Cn1nc(Br)c(Br)c1Br. The summed E-state index contributed by atoms with van der Waals surface area (Å²) in [5.74, 6) is 0.0678. The minimum absolute atomic E-state index is 0.0678. The minimum atomic E-state index is 0.0678. The van der Waals surface area contributed by atoms with Crippen LogP contribution in [-0.4, -0.2) is 15.6 Å². The van der Waals surface area contributed by atoms with Crippen molar-refractivity contribution in [3.63, 3.8) is 0 Å². The van der Waals surface area contributed by atoms with Gasteiger partial charge in [-0.25, -0.2) is 4.68 Å². The predicted molar refractivity (Wildman–Crippen MR) is 56.0 cm³/mol. The van der Waals surface area contributed by atoms with Crippen molar-refractivity contribution < 1.29 is 4.79 Å². The van der Waals surface area contributed by atoms with Gasteiger partial charge in [-0.05, 0) is 54.7 Å². The highest BCUT2D eigenvalue weighted by atomic mass is 79.9. The number of ketones is 1. The van der Waals surface area contributed by atoms with E-state index in [9.17, 15) is 4.79 Å². The highest BCUT2D eigenvalue weighted by Crippen LogP contribution is 2.30. The molecular formula is C6H5Br3N2O. The molecule has 1 rings (SSSR count). The summed E-state index contributed by atoms with van der Waals surface area (Å²) >= 11 is 9.84. The van der Waals surface area contributed by atoms with Crippen LogP contribution in [0.1, 0.15) is 6.92 Å². The van der Waals surface area contributed by atoms with Gasteiger partial charge in [0.15, 0.2) is 5.78 Å². The summed E-state index contributed by atoms with van der Waals surface area (Å²) in [5.41, 5.74) is 0. The van der Waals surface area contributed by atoms with Crippen molar-refractivity contribution >= 4 is 53.6 Å². The topological polar surface area (TPSA) is 34.9 Å². The molecule has 0 bridgehead atoms. The largest absolute Gasteiger partial charge is 0.298 e. The summed E-state index contributed by atoms with van der Waals surface area (Å²) in [6, 6.07) is 0. The molecule has 0 saturated carbocycles. The number of aromatic nitrogens is 2. The van der Waals surface area contributed by atoms with Gasteiger partial charge in [0, 0.05) is 0 Å². The van der Waals surface area contributed by atoms with E-state index in [0.717, 1.165) is 9.08 Å². The van der Waals surface area contributed by atoms with E-state index in [2.05, 4.69) is 52.9 Å².